The van der Waals surface area contributed by atoms with Gasteiger partial charge in [0.15, 0.2) is 0 Å². The first-order valence-corrected chi connectivity index (χ1v) is 7.54. The van der Waals surface area contributed by atoms with E-state index in [-0.39, 0.29) is 5.91 Å². The highest BCUT2D eigenvalue weighted by molar-refractivity contribution is 6.14. The quantitative estimate of drug-likeness (QED) is 0.829. The minimum Gasteiger partial charge on any atom is -0.497 e. The number of furan rings is 1. The van der Waals surface area contributed by atoms with E-state index < -0.39 is 0 Å². The number of amides is 1. The van der Waals surface area contributed by atoms with Crippen LogP contribution >= 0.6 is 0 Å². The van der Waals surface area contributed by atoms with Crippen molar-refractivity contribution >= 4 is 17.8 Å². The molecule has 0 saturated heterocycles. The molecule has 0 atom stereocenters. The third-order valence-electron chi connectivity index (χ3n) is 3.67. The summed E-state index contributed by atoms with van der Waals surface area (Å²) in [6.07, 6.45) is 4.63. The number of methoxy groups -OCH3 is 2. The smallest absolute Gasteiger partial charge is 0.275 e. The molecule has 2 aromatic rings. The van der Waals surface area contributed by atoms with E-state index in [0.29, 0.717) is 35.9 Å². The Morgan fingerprint density at radius 1 is 1.21 bits per heavy atom. The van der Waals surface area contributed by atoms with Crippen LogP contribution < -0.4 is 14.8 Å². The molecule has 2 heterocycles. The number of benzene rings is 1. The number of amidine groups is 1. The molecule has 1 aromatic heterocycles. The van der Waals surface area contributed by atoms with Gasteiger partial charge in [0.05, 0.1) is 20.5 Å². The predicted octanol–water partition coefficient (Wildman–Crippen LogP) is 2.80. The lowest BCUT2D eigenvalue weighted by Crippen LogP contribution is -2.24. The average molecular weight is 326 g/mol. The van der Waals surface area contributed by atoms with E-state index in [4.69, 9.17) is 13.9 Å². The van der Waals surface area contributed by atoms with E-state index in [2.05, 4.69) is 10.3 Å². The number of hydrogen-bond donors (Lipinski definition) is 1. The number of nitrogens with zero attached hydrogens (tertiary/aromatic N) is 1. The molecule has 6 nitrogen and oxygen atoms in total. The van der Waals surface area contributed by atoms with Crippen molar-refractivity contribution in [3.8, 4) is 11.5 Å². The number of carbonyl (C=O) groups excluding carboxylic acids is 1. The van der Waals surface area contributed by atoms with Crippen LogP contribution in [0.4, 0.5) is 0 Å². The maximum Gasteiger partial charge on any atom is 0.275 e. The fraction of sp³-hybridized carbons (Fsp3) is 0.222. The predicted molar refractivity (Wildman–Crippen MR) is 90.1 cm³/mol. The standard InChI is InChI=1S/C18H18N2O4/c1-22-14-6-5-12(16(11-14)23-2)10-15-18(21)20-17(19-15)8-7-13-4-3-9-24-13/h3-6,9-11H,7-8H2,1-2H3,(H,19,20,21)/b15-10+. The Morgan fingerprint density at radius 2 is 2.08 bits per heavy atom. The molecule has 3 rings (SSSR count). The molecule has 6 heteroatoms. The third kappa shape index (κ3) is 3.48. The van der Waals surface area contributed by atoms with Crippen LogP contribution in [0.3, 0.4) is 0 Å². The first-order chi connectivity index (χ1) is 11.7. The van der Waals surface area contributed by atoms with Crippen LogP contribution in [0.1, 0.15) is 17.7 Å². The molecule has 1 aliphatic rings. The van der Waals surface area contributed by atoms with Crippen molar-refractivity contribution in [2.75, 3.05) is 14.2 Å². The number of aryl methyl sites for hydroxylation is 1. The molecule has 1 amide bonds. The number of nitrogens with one attached hydrogen (secondary N) is 1. The summed E-state index contributed by atoms with van der Waals surface area (Å²) in [5.74, 6) is 2.58. The maximum absolute atomic E-state index is 12.1. The number of rotatable bonds is 6. The van der Waals surface area contributed by atoms with Crippen LogP contribution in [0.25, 0.3) is 6.08 Å². The number of ether oxygens (including phenoxy) is 2. The summed E-state index contributed by atoms with van der Waals surface area (Å²) in [5.41, 5.74) is 1.12. The Kier molecular flexibility index (Phi) is 4.65. The summed E-state index contributed by atoms with van der Waals surface area (Å²) in [5, 5.41) is 2.78. The summed E-state index contributed by atoms with van der Waals surface area (Å²) >= 11 is 0. The van der Waals surface area contributed by atoms with Gasteiger partial charge < -0.3 is 19.2 Å². The lowest BCUT2D eigenvalue weighted by atomic mass is 10.1. The van der Waals surface area contributed by atoms with Crippen molar-refractivity contribution in [2.24, 2.45) is 4.99 Å². The Labute approximate surface area is 139 Å². The van der Waals surface area contributed by atoms with Gasteiger partial charge in [-0.2, -0.15) is 0 Å². The molecular weight excluding hydrogens is 308 g/mol. The van der Waals surface area contributed by atoms with E-state index in [1.54, 1.807) is 32.6 Å². The molecule has 0 aliphatic carbocycles. The molecule has 0 spiro atoms. The Bertz CT molecular complexity index is 791. The first-order valence-electron chi connectivity index (χ1n) is 7.54. The number of aliphatic imine (C=N–C) groups is 1. The van der Waals surface area contributed by atoms with Gasteiger partial charge in [0, 0.05) is 24.5 Å². The van der Waals surface area contributed by atoms with E-state index >= 15 is 0 Å². The van der Waals surface area contributed by atoms with Crippen LogP contribution in [0, 0.1) is 0 Å². The zero-order chi connectivity index (χ0) is 16.9. The van der Waals surface area contributed by atoms with Crippen molar-refractivity contribution in [2.45, 2.75) is 12.8 Å². The molecule has 1 aliphatic heterocycles. The van der Waals surface area contributed by atoms with Crippen molar-refractivity contribution < 1.29 is 18.7 Å². The zero-order valence-electron chi connectivity index (χ0n) is 13.5. The van der Waals surface area contributed by atoms with Gasteiger partial charge in [0.2, 0.25) is 0 Å². The van der Waals surface area contributed by atoms with Gasteiger partial charge in [-0.1, -0.05) is 0 Å². The van der Waals surface area contributed by atoms with Gasteiger partial charge in [-0.3, -0.25) is 4.79 Å². The van der Waals surface area contributed by atoms with Gasteiger partial charge in [-0.05, 0) is 30.3 Å². The molecule has 0 radical (unpaired) electrons. The normalized spacial score (nSPS) is 15.3. The van der Waals surface area contributed by atoms with Crippen LogP contribution in [-0.4, -0.2) is 26.0 Å². The van der Waals surface area contributed by atoms with Crippen molar-refractivity contribution in [3.63, 3.8) is 0 Å². The fourth-order valence-corrected chi connectivity index (χ4v) is 2.42. The Morgan fingerprint density at radius 3 is 2.79 bits per heavy atom. The highest BCUT2D eigenvalue weighted by Crippen LogP contribution is 2.27. The maximum atomic E-state index is 12.1. The molecule has 0 fully saturated rings. The summed E-state index contributed by atoms with van der Waals surface area (Å²) < 4.78 is 15.8. The lowest BCUT2D eigenvalue weighted by Gasteiger charge is -2.07. The van der Waals surface area contributed by atoms with Crippen LogP contribution in [0.5, 0.6) is 11.5 Å². The minimum atomic E-state index is -0.220. The second-order valence-corrected chi connectivity index (χ2v) is 5.23. The molecule has 0 unspecified atom stereocenters. The molecule has 0 saturated carbocycles. The van der Waals surface area contributed by atoms with Crippen LogP contribution in [-0.2, 0) is 11.2 Å². The molecule has 1 aromatic carbocycles. The minimum absolute atomic E-state index is 0.220. The Hall–Kier alpha value is -3.02. The van der Waals surface area contributed by atoms with Crippen LogP contribution in [0.15, 0.2) is 51.7 Å². The average Bonchev–Trinajstić information content (AvgIpc) is 3.23. The fourth-order valence-electron chi connectivity index (χ4n) is 2.42. The molecule has 24 heavy (non-hydrogen) atoms. The van der Waals surface area contributed by atoms with Gasteiger partial charge in [-0.15, -0.1) is 0 Å². The SMILES string of the molecule is COc1ccc(/C=C2/N=C(CCc3ccco3)NC2=O)c(OC)c1. The largest absolute Gasteiger partial charge is 0.497 e. The topological polar surface area (TPSA) is 73.1 Å². The second kappa shape index (κ2) is 7.04. The number of carbonyl (C=O) groups is 1. The first kappa shape index (κ1) is 15.9. The van der Waals surface area contributed by atoms with Crippen LogP contribution in [0.2, 0.25) is 0 Å². The summed E-state index contributed by atoms with van der Waals surface area (Å²) in [4.78, 5) is 16.5. The van der Waals surface area contributed by atoms with Crippen molar-refractivity contribution in [1.29, 1.82) is 0 Å². The van der Waals surface area contributed by atoms with E-state index in [1.165, 1.54) is 0 Å². The van der Waals surface area contributed by atoms with Gasteiger partial charge in [0.25, 0.3) is 5.91 Å². The third-order valence-corrected chi connectivity index (χ3v) is 3.67. The lowest BCUT2D eigenvalue weighted by molar-refractivity contribution is -0.115. The summed E-state index contributed by atoms with van der Waals surface area (Å²) in [6, 6.07) is 9.14. The Balaban J connectivity index is 1.78. The van der Waals surface area contributed by atoms with Gasteiger partial charge in [0.1, 0.15) is 28.8 Å². The van der Waals surface area contributed by atoms with Gasteiger partial charge in [-0.25, -0.2) is 4.99 Å². The molecule has 124 valence electrons. The zero-order valence-corrected chi connectivity index (χ0v) is 13.5. The highest BCUT2D eigenvalue weighted by atomic mass is 16.5. The summed E-state index contributed by atoms with van der Waals surface area (Å²) in [6.45, 7) is 0. The molecule has 1 N–H and O–H groups in total. The molecular formula is C18H18N2O4. The monoisotopic (exact) mass is 326 g/mol. The second-order valence-electron chi connectivity index (χ2n) is 5.23. The van der Waals surface area contributed by atoms with Crippen molar-refractivity contribution in [1.82, 2.24) is 5.32 Å². The van der Waals surface area contributed by atoms with E-state index in [1.807, 2.05) is 24.3 Å². The number of hydrogen-bond acceptors (Lipinski definition) is 5. The highest BCUT2D eigenvalue weighted by Gasteiger charge is 2.20. The van der Waals surface area contributed by atoms with Crippen molar-refractivity contribution in [3.05, 3.63) is 53.6 Å². The van der Waals surface area contributed by atoms with Gasteiger partial charge >= 0.3 is 0 Å². The van der Waals surface area contributed by atoms with E-state index in [9.17, 15) is 4.79 Å². The molecule has 0 bridgehead atoms. The van der Waals surface area contributed by atoms with E-state index in [0.717, 1.165) is 11.3 Å². The summed E-state index contributed by atoms with van der Waals surface area (Å²) in [7, 11) is 3.16.